The summed E-state index contributed by atoms with van der Waals surface area (Å²) in [6, 6.07) is 12.4. The van der Waals surface area contributed by atoms with E-state index in [0.29, 0.717) is 36.5 Å². The third-order valence-electron chi connectivity index (χ3n) is 5.45. The summed E-state index contributed by atoms with van der Waals surface area (Å²) in [6.07, 6.45) is 5.29. The van der Waals surface area contributed by atoms with Gasteiger partial charge in [-0.05, 0) is 54.0 Å². The van der Waals surface area contributed by atoms with Crippen molar-refractivity contribution in [2.45, 2.75) is 26.2 Å². The van der Waals surface area contributed by atoms with Gasteiger partial charge in [-0.2, -0.15) is 0 Å². The first-order chi connectivity index (χ1) is 19.3. The lowest BCUT2D eigenvalue weighted by molar-refractivity contribution is -0.144. The average Bonchev–Trinajstić information content (AvgIpc) is 2.97. The van der Waals surface area contributed by atoms with Gasteiger partial charge in [0.25, 0.3) is 0 Å². The first-order valence-corrected chi connectivity index (χ1v) is 12.7. The fourth-order valence-corrected chi connectivity index (χ4v) is 3.28. The summed E-state index contributed by atoms with van der Waals surface area (Å²) in [4.78, 5) is 46.8. The highest BCUT2D eigenvalue weighted by Crippen LogP contribution is 2.22. The third-order valence-corrected chi connectivity index (χ3v) is 5.45. The lowest BCUT2D eigenvalue weighted by Gasteiger charge is -2.12. The van der Waals surface area contributed by atoms with Crippen LogP contribution in [0.3, 0.4) is 0 Å². The molecule has 0 aliphatic carbocycles. The molecular weight excluding hydrogens is 516 g/mol. The van der Waals surface area contributed by atoms with Crippen molar-refractivity contribution in [3.63, 3.8) is 0 Å². The summed E-state index contributed by atoms with van der Waals surface area (Å²) in [5.74, 6) is -0.628. The molecule has 0 N–H and O–H groups in total. The maximum atomic E-state index is 12.7. The number of aryl methyl sites for hydroxylation is 1. The minimum Gasteiger partial charge on any atom is -0.493 e. The van der Waals surface area contributed by atoms with Crippen LogP contribution in [0.25, 0.3) is 6.08 Å². The fraction of sp³-hybridized carbons (Fsp3) is 0.290. The van der Waals surface area contributed by atoms with Crippen molar-refractivity contribution >= 4 is 29.8 Å². The minimum absolute atomic E-state index is 0.00184. The van der Waals surface area contributed by atoms with Crippen LogP contribution in [0.5, 0.6) is 11.5 Å². The monoisotopic (exact) mass is 550 g/mol. The van der Waals surface area contributed by atoms with Gasteiger partial charge in [0.15, 0.2) is 5.78 Å². The second-order valence-electron chi connectivity index (χ2n) is 8.36. The Morgan fingerprint density at radius 3 is 2.33 bits per heavy atom. The van der Waals surface area contributed by atoms with E-state index in [1.807, 2.05) is 19.1 Å². The summed E-state index contributed by atoms with van der Waals surface area (Å²) in [6.45, 7) is 9.53. The molecule has 40 heavy (non-hydrogen) atoms. The van der Waals surface area contributed by atoms with Gasteiger partial charge in [-0.25, -0.2) is 9.59 Å². The molecule has 0 fully saturated rings. The van der Waals surface area contributed by atoms with Gasteiger partial charge in [0.05, 0.1) is 26.7 Å². The molecule has 0 amide bonds. The Morgan fingerprint density at radius 1 is 0.900 bits per heavy atom. The van der Waals surface area contributed by atoms with Crippen molar-refractivity contribution in [1.82, 2.24) is 0 Å². The van der Waals surface area contributed by atoms with E-state index in [2.05, 4.69) is 17.9 Å². The standard InChI is InChI=1S/C31H34O9/c1-5-24-21-25(11-15-28(24)38-18-19-40-31(35)22(3)20-30(34)36-4)27(32)14-10-23-8-12-26(13-9-23)37-16-7-17-39-29(33)6-2/h6,8-15,21H,2-3,5,7,16-20H2,1,4H3/b14-10+. The van der Waals surface area contributed by atoms with Crippen molar-refractivity contribution in [2.24, 2.45) is 0 Å². The van der Waals surface area contributed by atoms with Crippen LogP contribution in [0, 0.1) is 0 Å². The van der Waals surface area contributed by atoms with E-state index >= 15 is 0 Å². The minimum atomic E-state index is -0.691. The lowest BCUT2D eigenvalue weighted by Crippen LogP contribution is -2.16. The van der Waals surface area contributed by atoms with E-state index in [1.54, 1.807) is 36.4 Å². The van der Waals surface area contributed by atoms with Crippen LogP contribution in [0.15, 0.2) is 73.3 Å². The van der Waals surface area contributed by atoms with Crippen LogP contribution in [0.2, 0.25) is 0 Å². The van der Waals surface area contributed by atoms with Crippen LogP contribution in [-0.2, 0) is 35.0 Å². The second kappa shape index (κ2) is 17.0. The molecule has 0 radical (unpaired) electrons. The molecule has 212 valence electrons. The number of ether oxygens (including phenoxy) is 5. The Kier molecular flexibility index (Phi) is 13.4. The Bertz CT molecular complexity index is 1230. The number of benzene rings is 2. The first-order valence-electron chi connectivity index (χ1n) is 12.7. The van der Waals surface area contributed by atoms with Gasteiger partial charge in [-0.1, -0.05) is 38.3 Å². The molecular formula is C31H34O9. The molecule has 0 heterocycles. The van der Waals surface area contributed by atoms with Crippen LogP contribution in [0.1, 0.15) is 41.3 Å². The summed E-state index contributed by atoms with van der Waals surface area (Å²) < 4.78 is 25.8. The Balaban J connectivity index is 1.83. The quantitative estimate of drug-likeness (QED) is 0.0910. The van der Waals surface area contributed by atoms with E-state index < -0.39 is 17.9 Å². The highest BCUT2D eigenvalue weighted by atomic mass is 16.6. The zero-order valence-electron chi connectivity index (χ0n) is 22.8. The van der Waals surface area contributed by atoms with Gasteiger partial charge in [-0.3, -0.25) is 9.59 Å². The number of hydrogen-bond donors (Lipinski definition) is 0. The normalized spacial score (nSPS) is 10.4. The smallest absolute Gasteiger partial charge is 0.334 e. The largest absolute Gasteiger partial charge is 0.493 e. The molecule has 0 atom stereocenters. The van der Waals surface area contributed by atoms with Crippen LogP contribution < -0.4 is 9.47 Å². The Hall–Kier alpha value is -4.66. The summed E-state index contributed by atoms with van der Waals surface area (Å²) >= 11 is 0. The maximum Gasteiger partial charge on any atom is 0.334 e. The molecule has 0 aliphatic heterocycles. The maximum absolute atomic E-state index is 12.7. The fourth-order valence-electron chi connectivity index (χ4n) is 3.28. The molecule has 9 nitrogen and oxygen atoms in total. The number of carbonyl (C=O) groups excluding carboxylic acids is 4. The van der Waals surface area contributed by atoms with Crippen molar-refractivity contribution < 1.29 is 42.9 Å². The van der Waals surface area contributed by atoms with Gasteiger partial charge in [0, 0.05) is 23.6 Å². The zero-order chi connectivity index (χ0) is 29.3. The van der Waals surface area contributed by atoms with E-state index in [1.165, 1.54) is 13.2 Å². The molecule has 0 spiro atoms. The molecule has 0 unspecified atom stereocenters. The number of methoxy groups -OCH3 is 1. The van der Waals surface area contributed by atoms with Gasteiger partial charge in [0.1, 0.15) is 24.7 Å². The van der Waals surface area contributed by atoms with Crippen LogP contribution in [-0.4, -0.2) is 57.2 Å². The highest BCUT2D eigenvalue weighted by Gasteiger charge is 2.14. The van der Waals surface area contributed by atoms with Crippen molar-refractivity contribution in [3.05, 3.63) is 90.0 Å². The van der Waals surface area contributed by atoms with Crippen LogP contribution in [0.4, 0.5) is 0 Å². The average molecular weight is 551 g/mol. The number of ketones is 1. The predicted molar refractivity (Wildman–Crippen MR) is 149 cm³/mol. The Labute approximate surface area is 234 Å². The molecule has 2 rings (SSSR count). The number of allylic oxidation sites excluding steroid dienone is 1. The molecule has 0 aliphatic rings. The molecule has 2 aromatic carbocycles. The summed E-state index contributed by atoms with van der Waals surface area (Å²) in [5, 5.41) is 0. The number of carbonyl (C=O) groups is 4. The summed E-state index contributed by atoms with van der Waals surface area (Å²) in [5.41, 5.74) is 2.19. The topological polar surface area (TPSA) is 114 Å². The predicted octanol–water partition coefficient (Wildman–Crippen LogP) is 4.68. The molecule has 0 saturated carbocycles. The lowest BCUT2D eigenvalue weighted by atomic mass is 10.0. The van der Waals surface area contributed by atoms with Crippen molar-refractivity contribution in [1.29, 1.82) is 0 Å². The van der Waals surface area contributed by atoms with Gasteiger partial charge >= 0.3 is 17.9 Å². The Morgan fingerprint density at radius 2 is 1.65 bits per heavy atom. The number of rotatable bonds is 17. The van der Waals surface area contributed by atoms with Crippen LogP contribution >= 0.6 is 0 Å². The van der Waals surface area contributed by atoms with Crippen molar-refractivity contribution in [3.8, 4) is 11.5 Å². The number of esters is 3. The summed E-state index contributed by atoms with van der Waals surface area (Å²) in [7, 11) is 1.23. The van der Waals surface area contributed by atoms with Gasteiger partial charge in [0.2, 0.25) is 0 Å². The van der Waals surface area contributed by atoms with Gasteiger partial charge in [-0.15, -0.1) is 0 Å². The molecule has 9 heteroatoms. The van der Waals surface area contributed by atoms with E-state index in [-0.39, 0.29) is 37.6 Å². The first kappa shape index (κ1) is 31.6. The molecule has 0 bridgehead atoms. The molecule has 2 aromatic rings. The SMILES string of the molecule is C=CC(=O)OCCCOc1ccc(/C=C/C(=O)c2ccc(OCCOC(=O)C(=C)CC(=O)OC)c(CC)c2)cc1. The number of hydrogen-bond acceptors (Lipinski definition) is 9. The van der Waals surface area contributed by atoms with E-state index in [9.17, 15) is 19.2 Å². The van der Waals surface area contributed by atoms with E-state index in [4.69, 9.17) is 18.9 Å². The zero-order valence-corrected chi connectivity index (χ0v) is 22.8. The molecule has 0 saturated heterocycles. The third kappa shape index (κ3) is 11.0. The van der Waals surface area contributed by atoms with Crippen molar-refractivity contribution in [2.75, 3.05) is 33.5 Å². The van der Waals surface area contributed by atoms with Gasteiger partial charge < -0.3 is 23.7 Å². The van der Waals surface area contributed by atoms with E-state index in [0.717, 1.165) is 17.2 Å². The second-order valence-corrected chi connectivity index (χ2v) is 8.36. The highest BCUT2D eigenvalue weighted by molar-refractivity contribution is 6.07. The molecule has 0 aromatic heterocycles.